The fourth-order valence-corrected chi connectivity index (χ4v) is 4.06. The molecule has 0 saturated carbocycles. The Bertz CT molecular complexity index is 1250. The zero-order chi connectivity index (χ0) is 23.2. The number of nitrogens with one attached hydrogen (secondary N) is 2. The van der Waals surface area contributed by atoms with Crippen LogP contribution in [0.3, 0.4) is 0 Å². The molecule has 0 unspecified atom stereocenters. The van der Waals surface area contributed by atoms with Gasteiger partial charge in [0.1, 0.15) is 16.9 Å². The average molecular weight is 468 g/mol. The molecule has 0 spiro atoms. The number of para-hydroxylation sites is 1. The first-order chi connectivity index (χ1) is 16.1. The molecule has 9 nitrogen and oxygen atoms in total. The largest absolute Gasteiger partial charge is 0.496 e. The van der Waals surface area contributed by atoms with Crippen LogP contribution in [0.4, 0.5) is 5.82 Å². The molecule has 10 heteroatoms. The number of carbonyl (C=O) groups excluding carboxylic acids is 1. The molecule has 0 atom stereocenters. The number of methoxy groups -OCH3 is 2. The number of ether oxygens (including phenoxy) is 2. The number of anilines is 1. The Morgan fingerprint density at radius 3 is 2.76 bits per heavy atom. The second kappa shape index (κ2) is 10.3. The summed E-state index contributed by atoms with van der Waals surface area (Å²) < 4.78 is 21.7. The van der Waals surface area contributed by atoms with Crippen LogP contribution in [-0.4, -0.2) is 35.1 Å². The second-order valence-electron chi connectivity index (χ2n) is 7.23. The lowest BCUT2D eigenvalue weighted by Gasteiger charge is -2.09. The van der Waals surface area contributed by atoms with Crippen molar-refractivity contribution in [3.8, 4) is 11.5 Å². The van der Waals surface area contributed by atoms with Crippen LogP contribution in [0.5, 0.6) is 11.5 Å². The quantitative estimate of drug-likeness (QED) is 0.334. The molecule has 2 aromatic heterocycles. The van der Waals surface area contributed by atoms with Crippen molar-refractivity contribution in [1.29, 1.82) is 0 Å². The SMILES string of the molecule is CCC(=O)NCc1cnn(Cc2cc(OC)c3c(NSc4ccccc4OC)noc3c2)c1. The Kier molecular flexibility index (Phi) is 7.04. The van der Waals surface area contributed by atoms with E-state index in [2.05, 4.69) is 20.3 Å². The lowest BCUT2D eigenvalue weighted by Crippen LogP contribution is -2.21. The first-order valence-corrected chi connectivity index (χ1v) is 11.2. The van der Waals surface area contributed by atoms with E-state index in [1.165, 1.54) is 11.9 Å². The number of nitrogens with zero attached hydrogens (tertiary/aromatic N) is 3. The lowest BCUT2D eigenvalue weighted by atomic mass is 10.1. The molecule has 4 aromatic rings. The number of carbonyl (C=O) groups is 1. The number of fused-ring (bicyclic) bond motifs is 1. The number of rotatable bonds is 10. The Labute approximate surface area is 195 Å². The summed E-state index contributed by atoms with van der Waals surface area (Å²) in [6.07, 6.45) is 4.11. The number of benzene rings is 2. The van der Waals surface area contributed by atoms with Crippen LogP contribution in [0, 0.1) is 0 Å². The lowest BCUT2D eigenvalue weighted by molar-refractivity contribution is -0.120. The Morgan fingerprint density at radius 1 is 1.15 bits per heavy atom. The Hall–Kier alpha value is -3.66. The van der Waals surface area contributed by atoms with Crippen molar-refractivity contribution in [2.75, 3.05) is 18.9 Å². The molecular weight excluding hydrogens is 442 g/mol. The van der Waals surface area contributed by atoms with Gasteiger partial charge in [-0.05, 0) is 41.8 Å². The van der Waals surface area contributed by atoms with E-state index in [0.717, 1.165) is 27.2 Å². The zero-order valence-corrected chi connectivity index (χ0v) is 19.4. The predicted octanol–water partition coefficient (Wildman–Crippen LogP) is 4.24. The zero-order valence-electron chi connectivity index (χ0n) is 18.6. The highest BCUT2D eigenvalue weighted by molar-refractivity contribution is 8.00. The van der Waals surface area contributed by atoms with E-state index in [9.17, 15) is 4.79 Å². The molecule has 0 fully saturated rings. The minimum atomic E-state index is 0.0107. The minimum Gasteiger partial charge on any atom is -0.496 e. The maximum Gasteiger partial charge on any atom is 0.219 e. The summed E-state index contributed by atoms with van der Waals surface area (Å²) in [4.78, 5) is 12.4. The fraction of sp³-hybridized carbons (Fsp3) is 0.261. The molecule has 33 heavy (non-hydrogen) atoms. The summed E-state index contributed by atoms with van der Waals surface area (Å²) in [7, 11) is 3.25. The normalized spacial score (nSPS) is 10.9. The van der Waals surface area contributed by atoms with Crippen molar-refractivity contribution in [3.05, 3.63) is 59.9 Å². The van der Waals surface area contributed by atoms with E-state index in [1.807, 2.05) is 49.5 Å². The molecular formula is C23H25N5O4S. The number of hydrogen-bond acceptors (Lipinski definition) is 8. The van der Waals surface area contributed by atoms with Gasteiger partial charge in [0, 0.05) is 24.7 Å². The minimum absolute atomic E-state index is 0.0107. The molecule has 0 bridgehead atoms. The molecule has 1 amide bonds. The summed E-state index contributed by atoms with van der Waals surface area (Å²) >= 11 is 1.38. The maximum absolute atomic E-state index is 11.5. The van der Waals surface area contributed by atoms with Crippen LogP contribution in [0.2, 0.25) is 0 Å². The first kappa shape index (κ1) is 22.5. The smallest absolute Gasteiger partial charge is 0.219 e. The third-order valence-corrected chi connectivity index (χ3v) is 5.84. The molecule has 0 aliphatic carbocycles. The summed E-state index contributed by atoms with van der Waals surface area (Å²) in [6.45, 7) is 2.80. The number of amides is 1. The van der Waals surface area contributed by atoms with Crippen molar-refractivity contribution in [3.63, 3.8) is 0 Å². The Balaban J connectivity index is 1.51. The molecule has 4 rings (SSSR count). The number of aromatic nitrogens is 3. The van der Waals surface area contributed by atoms with Gasteiger partial charge in [-0.25, -0.2) is 0 Å². The Morgan fingerprint density at radius 2 is 1.97 bits per heavy atom. The van der Waals surface area contributed by atoms with Gasteiger partial charge < -0.3 is 24.0 Å². The van der Waals surface area contributed by atoms with E-state index in [1.54, 1.807) is 25.1 Å². The second-order valence-corrected chi connectivity index (χ2v) is 8.08. The van der Waals surface area contributed by atoms with Crippen LogP contribution in [0.25, 0.3) is 11.0 Å². The van der Waals surface area contributed by atoms with Gasteiger partial charge in [-0.3, -0.25) is 9.48 Å². The molecule has 2 aromatic carbocycles. The van der Waals surface area contributed by atoms with Gasteiger partial charge in [-0.15, -0.1) is 0 Å². The highest BCUT2D eigenvalue weighted by Gasteiger charge is 2.17. The molecule has 0 saturated heterocycles. The van der Waals surface area contributed by atoms with E-state index >= 15 is 0 Å². The van der Waals surface area contributed by atoms with Gasteiger partial charge in [0.2, 0.25) is 5.91 Å². The summed E-state index contributed by atoms with van der Waals surface area (Å²) in [5.74, 6) is 1.99. The van der Waals surface area contributed by atoms with Crippen LogP contribution >= 0.6 is 11.9 Å². The van der Waals surface area contributed by atoms with Gasteiger partial charge in [0.15, 0.2) is 11.4 Å². The van der Waals surface area contributed by atoms with E-state index in [4.69, 9.17) is 14.0 Å². The van der Waals surface area contributed by atoms with Crippen molar-refractivity contribution >= 4 is 34.6 Å². The third kappa shape index (κ3) is 5.23. The van der Waals surface area contributed by atoms with Crippen LogP contribution < -0.4 is 19.5 Å². The molecule has 172 valence electrons. The van der Waals surface area contributed by atoms with Crippen LogP contribution in [0.1, 0.15) is 24.5 Å². The maximum atomic E-state index is 11.5. The highest BCUT2D eigenvalue weighted by Crippen LogP contribution is 2.37. The molecule has 0 aliphatic heterocycles. The van der Waals surface area contributed by atoms with Gasteiger partial charge in [0.05, 0.1) is 31.9 Å². The molecule has 0 radical (unpaired) electrons. The van der Waals surface area contributed by atoms with E-state index in [-0.39, 0.29) is 5.91 Å². The van der Waals surface area contributed by atoms with Crippen molar-refractivity contribution in [1.82, 2.24) is 20.3 Å². The van der Waals surface area contributed by atoms with Gasteiger partial charge >= 0.3 is 0 Å². The monoisotopic (exact) mass is 467 g/mol. The highest BCUT2D eigenvalue weighted by atomic mass is 32.2. The van der Waals surface area contributed by atoms with Gasteiger partial charge in [-0.2, -0.15) is 5.10 Å². The van der Waals surface area contributed by atoms with E-state index < -0.39 is 0 Å². The first-order valence-electron chi connectivity index (χ1n) is 10.4. The summed E-state index contributed by atoms with van der Waals surface area (Å²) in [5.41, 5.74) is 2.49. The average Bonchev–Trinajstić information content (AvgIpc) is 3.47. The molecule has 2 heterocycles. The summed E-state index contributed by atoms with van der Waals surface area (Å²) in [5, 5.41) is 12.2. The topological polar surface area (TPSA) is 103 Å². The molecule has 2 N–H and O–H groups in total. The third-order valence-electron chi connectivity index (χ3n) is 4.99. The van der Waals surface area contributed by atoms with Crippen LogP contribution in [0.15, 0.2) is 58.2 Å². The predicted molar refractivity (Wildman–Crippen MR) is 127 cm³/mol. The van der Waals surface area contributed by atoms with Crippen molar-refractivity contribution in [2.45, 2.75) is 31.3 Å². The van der Waals surface area contributed by atoms with Crippen molar-refractivity contribution in [2.24, 2.45) is 0 Å². The van der Waals surface area contributed by atoms with E-state index in [0.29, 0.717) is 36.7 Å². The molecule has 0 aliphatic rings. The fourth-order valence-electron chi connectivity index (χ4n) is 3.32. The van der Waals surface area contributed by atoms with Crippen molar-refractivity contribution < 1.29 is 18.8 Å². The summed E-state index contributed by atoms with van der Waals surface area (Å²) in [6, 6.07) is 11.6. The van der Waals surface area contributed by atoms with Gasteiger partial charge in [-0.1, -0.05) is 24.2 Å². The van der Waals surface area contributed by atoms with Crippen LogP contribution in [-0.2, 0) is 17.9 Å². The standard InChI is InChI=1S/C23H25N5O4S/c1-4-21(29)24-11-16-12-25-28(14-16)13-15-9-18(31-3)22-19(10-15)32-26-23(22)27-33-20-8-6-5-7-17(20)30-2/h5-10,12,14H,4,11,13H2,1-3H3,(H,24,29)(H,26,27). The van der Waals surface area contributed by atoms with Gasteiger partial charge in [0.25, 0.3) is 0 Å². The number of hydrogen-bond donors (Lipinski definition) is 2.